The van der Waals surface area contributed by atoms with E-state index in [-0.39, 0.29) is 5.91 Å². The van der Waals surface area contributed by atoms with Crippen LogP contribution in [0.15, 0.2) is 23.2 Å². The van der Waals surface area contributed by atoms with E-state index in [0.717, 1.165) is 37.3 Å². The first-order valence-corrected chi connectivity index (χ1v) is 9.39. The molecule has 0 bridgehead atoms. The molecule has 1 aromatic rings. The van der Waals surface area contributed by atoms with Crippen LogP contribution < -0.4 is 10.6 Å². The van der Waals surface area contributed by atoms with E-state index in [9.17, 15) is 4.79 Å². The number of aromatic nitrogens is 1. The van der Waals surface area contributed by atoms with Gasteiger partial charge in [0.05, 0.1) is 13.2 Å². The molecule has 1 aliphatic rings. The number of hydrogen-bond acceptors (Lipinski definition) is 4. The van der Waals surface area contributed by atoms with Gasteiger partial charge < -0.3 is 20.3 Å². The van der Waals surface area contributed by atoms with Crippen molar-refractivity contribution in [3.63, 3.8) is 0 Å². The number of hydrogen-bond donors (Lipinski definition) is 2. The molecule has 0 aromatic carbocycles. The maximum absolute atomic E-state index is 12.0. The van der Waals surface area contributed by atoms with Crippen molar-refractivity contribution >= 4 is 17.7 Å². The Morgan fingerprint density at radius 1 is 1.42 bits per heavy atom. The molecule has 1 fully saturated rings. The molecule has 2 N–H and O–H groups in total. The zero-order chi connectivity index (χ0) is 18.8. The second kappa shape index (κ2) is 10.8. The molecule has 2 rings (SSSR count). The molecule has 0 atom stereocenters. The third-order valence-corrected chi connectivity index (χ3v) is 4.07. The molecule has 0 spiro atoms. The van der Waals surface area contributed by atoms with Gasteiger partial charge in [0, 0.05) is 38.9 Å². The zero-order valence-electron chi connectivity index (χ0n) is 16.1. The Balaban J connectivity index is 1.72. The molecule has 0 unspecified atom stereocenters. The van der Waals surface area contributed by atoms with Crippen LogP contribution in [-0.4, -0.2) is 61.6 Å². The van der Waals surface area contributed by atoms with Gasteiger partial charge in [-0.25, -0.2) is 4.98 Å². The fraction of sp³-hybridized carbons (Fsp3) is 0.632. The van der Waals surface area contributed by atoms with Gasteiger partial charge in [-0.15, -0.1) is 0 Å². The van der Waals surface area contributed by atoms with Gasteiger partial charge in [0.1, 0.15) is 5.82 Å². The molecule has 1 saturated carbocycles. The summed E-state index contributed by atoms with van der Waals surface area (Å²) < 4.78 is 5.68. The van der Waals surface area contributed by atoms with Crippen LogP contribution in [0.5, 0.6) is 0 Å². The number of carbonyl (C=O) groups is 1. The van der Waals surface area contributed by atoms with Crippen LogP contribution in [0.3, 0.4) is 0 Å². The molecule has 7 heteroatoms. The highest BCUT2D eigenvalue weighted by atomic mass is 16.5. The number of nitrogens with one attached hydrogen (secondary N) is 2. The first kappa shape index (κ1) is 20.2. The Labute approximate surface area is 156 Å². The lowest BCUT2D eigenvalue weighted by Gasteiger charge is -2.22. The lowest BCUT2D eigenvalue weighted by molar-refractivity contribution is -0.116. The van der Waals surface area contributed by atoms with Crippen LogP contribution >= 0.6 is 0 Å². The lowest BCUT2D eigenvalue weighted by atomic mass is 10.3. The number of nitrogens with zero attached hydrogens (tertiary/aromatic N) is 3. The molecule has 1 aromatic heterocycles. The van der Waals surface area contributed by atoms with E-state index >= 15 is 0 Å². The Morgan fingerprint density at radius 3 is 2.92 bits per heavy atom. The van der Waals surface area contributed by atoms with Gasteiger partial charge in [-0.05, 0) is 44.7 Å². The number of guanidine groups is 1. The van der Waals surface area contributed by atoms with Crippen molar-refractivity contribution < 1.29 is 9.53 Å². The molecule has 26 heavy (non-hydrogen) atoms. The SMILES string of the molecule is CCNC(=NCCC(=O)Nc1cccc(C)n1)N(C)CCOCC1CC1. The maximum Gasteiger partial charge on any atom is 0.227 e. The fourth-order valence-corrected chi connectivity index (χ4v) is 2.39. The predicted octanol–water partition coefficient (Wildman–Crippen LogP) is 2.04. The van der Waals surface area contributed by atoms with E-state index < -0.39 is 0 Å². The minimum absolute atomic E-state index is 0.0851. The van der Waals surface area contributed by atoms with Gasteiger partial charge in [-0.3, -0.25) is 9.79 Å². The van der Waals surface area contributed by atoms with Crippen LogP contribution in [-0.2, 0) is 9.53 Å². The molecular weight excluding hydrogens is 330 g/mol. The summed E-state index contributed by atoms with van der Waals surface area (Å²) in [5.74, 6) is 2.07. The molecule has 0 radical (unpaired) electrons. The van der Waals surface area contributed by atoms with Crippen LogP contribution in [0, 0.1) is 12.8 Å². The molecule has 144 valence electrons. The number of anilines is 1. The maximum atomic E-state index is 12.0. The fourth-order valence-electron chi connectivity index (χ4n) is 2.39. The summed E-state index contributed by atoms with van der Waals surface area (Å²) in [6, 6.07) is 5.56. The number of amides is 1. The van der Waals surface area contributed by atoms with Gasteiger partial charge in [0.15, 0.2) is 5.96 Å². The summed E-state index contributed by atoms with van der Waals surface area (Å²) >= 11 is 0. The number of rotatable bonds is 10. The van der Waals surface area contributed by atoms with E-state index in [0.29, 0.717) is 25.4 Å². The molecule has 1 heterocycles. The van der Waals surface area contributed by atoms with E-state index in [1.54, 1.807) is 6.07 Å². The molecule has 0 saturated heterocycles. The summed E-state index contributed by atoms with van der Waals surface area (Å²) in [6.07, 6.45) is 2.93. The standard InChI is InChI=1S/C19H31N5O2/c1-4-20-19(24(3)12-13-26-14-16-8-9-16)21-11-10-18(25)23-17-7-5-6-15(2)22-17/h5-7,16H,4,8-14H2,1-3H3,(H,20,21)(H,22,23,25). The summed E-state index contributed by atoms with van der Waals surface area (Å²) in [7, 11) is 1.98. The van der Waals surface area contributed by atoms with Crippen LogP contribution in [0.25, 0.3) is 0 Å². The molecule has 1 aliphatic carbocycles. The second-order valence-corrected chi connectivity index (χ2v) is 6.64. The van der Waals surface area contributed by atoms with Crippen LogP contribution in [0.4, 0.5) is 5.82 Å². The van der Waals surface area contributed by atoms with Gasteiger partial charge in [0.2, 0.25) is 5.91 Å². The van der Waals surface area contributed by atoms with Crippen molar-refractivity contribution in [2.24, 2.45) is 10.9 Å². The Bertz CT molecular complexity index is 601. The highest BCUT2D eigenvalue weighted by molar-refractivity contribution is 5.90. The van der Waals surface area contributed by atoms with Crippen LogP contribution in [0.1, 0.15) is 31.9 Å². The van der Waals surface area contributed by atoms with Crippen molar-refractivity contribution in [2.45, 2.75) is 33.1 Å². The quantitative estimate of drug-likeness (QED) is 0.379. The summed E-state index contributed by atoms with van der Waals surface area (Å²) in [4.78, 5) is 22.9. The van der Waals surface area contributed by atoms with Gasteiger partial charge in [0.25, 0.3) is 0 Å². The number of aryl methyl sites for hydroxylation is 1. The van der Waals surface area contributed by atoms with Gasteiger partial charge in [-0.1, -0.05) is 6.07 Å². The van der Waals surface area contributed by atoms with Crippen LogP contribution in [0.2, 0.25) is 0 Å². The molecule has 7 nitrogen and oxygen atoms in total. The topological polar surface area (TPSA) is 78.8 Å². The average molecular weight is 361 g/mol. The van der Waals surface area contributed by atoms with E-state index in [2.05, 4.69) is 20.6 Å². The summed E-state index contributed by atoms with van der Waals surface area (Å²) in [5, 5.41) is 6.05. The van der Waals surface area contributed by atoms with E-state index in [1.807, 2.05) is 37.9 Å². The van der Waals surface area contributed by atoms with Gasteiger partial charge in [-0.2, -0.15) is 0 Å². The number of carbonyl (C=O) groups excluding carboxylic acids is 1. The lowest BCUT2D eigenvalue weighted by Crippen LogP contribution is -2.40. The third kappa shape index (κ3) is 7.82. The van der Waals surface area contributed by atoms with Gasteiger partial charge >= 0.3 is 0 Å². The second-order valence-electron chi connectivity index (χ2n) is 6.64. The van der Waals surface area contributed by atoms with Crippen molar-refractivity contribution in [1.82, 2.24) is 15.2 Å². The largest absolute Gasteiger partial charge is 0.379 e. The predicted molar refractivity (Wildman–Crippen MR) is 104 cm³/mol. The molecule has 1 amide bonds. The first-order valence-electron chi connectivity index (χ1n) is 9.39. The first-order chi connectivity index (χ1) is 12.6. The third-order valence-electron chi connectivity index (χ3n) is 4.07. The van der Waals surface area contributed by atoms with Crippen molar-refractivity contribution in [2.75, 3.05) is 45.2 Å². The minimum Gasteiger partial charge on any atom is -0.379 e. The summed E-state index contributed by atoms with van der Waals surface area (Å²) in [6.45, 7) is 7.47. The molecule has 0 aliphatic heterocycles. The Hall–Kier alpha value is -2.15. The Morgan fingerprint density at radius 2 is 2.23 bits per heavy atom. The van der Waals surface area contributed by atoms with Crippen molar-refractivity contribution in [3.8, 4) is 0 Å². The van der Waals surface area contributed by atoms with Crippen molar-refractivity contribution in [1.29, 1.82) is 0 Å². The number of ether oxygens (including phenoxy) is 1. The smallest absolute Gasteiger partial charge is 0.227 e. The normalized spacial score (nSPS) is 14.2. The highest BCUT2D eigenvalue weighted by Gasteiger charge is 2.21. The van der Waals surface area contributed by atoms with E-state index in [4.69, 9.17) is 4.74 Å². The number of aliphatic imine (C=N–C) groups is 1. The minimum atomic E-state index is -0.0851. The number of likely N-dealkylation sites (N-methyl/N-ethyl adjacent to an activating group) is 1. The monoisotopic (exact) mass is 361 g/mol. The van der Waals surface area contributed by atoms with E-state index in [1.165, 1.54) is 12.8 Å². The molecular formula is C19H31N5O2. The zero-order valence-corrected chi connectivity index (χ0v) is 16.1. The Kier molecular flexibility index (Phi) is 8.34. The number of pyridine rings is 1. The van der Waals surface area contributed by atoms with Crippen molar-refractivity contribution in [3.05, 3.63) is 23.9 Å². The average Bonchev–Trinajstić information content (AvgIpc) is 3.42. The summed E-state index contributed by atoms with van der Waals surface area (Å²) in [5.41, 5.74) is 0.876. The highest BCUT2D eigenvalue weighted by Crippen LogP contribution is 2.28.